The SMILES string of the molecule is CCc1cccc(CC)c1NC(=O)COC(=O)c1cccc(N2C(=O)[C@@H]3[C@@H](C2=O)[C@H]2C=C(C)[C@H]3C2)c1. The van der Waals surface area contributed by atoms with E-state index in [1.54, 1.807) is 18.2 Å². The topological polar surface area (TPSA) is 92.8 Å². The molecule has 3 amide bonds. The van der Waals surface area contributed by atoms with Gasteiger partial charge in [-0.15, -0.1) is 0 Å². The van der Waals surface area contributed by atoms with Gasteiger partial charge in [-0.3, -0.25) is 14.4 Å². The molecule has 0 aromatic heterocycles. The second-order valence-electron chi connectivity index (χ2n) is 9.81. The molecule has 1 N–H and O–H groups in total. The first kappa shape index (κ1) is 24.0. The van der Waals surface area contributed by atoms with Gasteiger partial charge in [0.05, 0.1) is 23.1 Å². The van der Waals surface area contributed by atoms with E-state index in [1.165, 1.54) is 16.5 Å². The number of hydrogen-bond donors (Lipinski definition) is 1. The van der Waals surface area contributed by atoms with Crippen LogP contribution in [0.15, 0.2) is 54.1 Å². The van der Waals surface area contributed by atoms with Gasteiger partial charge >= 0.3 is 5.97 Å². The number of ether oxygens (including phenoxy) is 1. The largest absolute Gasteiger partial charge is 0.452 e. The van der Waals surface area contributed by atoms with Crippen LogP contribution in [-0.2, 0) is 32.0 Å². The van der Waals surface area contributed by atoms with E-state index in [-0.39, 0.29) is 41.0 Å². The molecule has 1 heterocycles. The first-order chi connectivity index (χ1) is 17.3. The lowest BCUT2D eigenvalue weighted by Crippen LogP contribution is -2.33. The lowest BCUT2D eigenvalue weighted by Gasteiger charge is -2.19. The van der Waals surface area contributed by atoms with Gasteiger partial charge in [0.25, 0.3) is 5.91 Å². The molecule has 7 heteroatoms. The fraction of sp³-hybridized carbons (Fsp3) is 0.379. The number of nitrogens with one attached hydrogen (secondary N) is 1. The number of rotatable bonds is 7. The molecular formula is C29H30N2O5. The molecule has 1 saturated carbocycles. The Kier molecular flexibility index (Phi) is 6.24. The standard InChI is InChI=1S/C29H30N2O5/c1-4-17-8-6-9-18(5-2)26(17)30-23(32)15-36-29(35)19-10-7-11-21(13-19)31-27(33)24-20-12-16(3)22(14-20)25(24)28(31)34/h6-13,20,22,24-25H,4-5,14-15H2,1-3H3,(H,30,32)/t20-,22+,24-,25-/m0/s1. The van der Waals surface area contributed by atoms with Crippen molar-refractivity contribution >= 4 is 35.1 Å². The van der Waals surface area contributed by atoms with Crippen molar-refractivity contribution in [3.8, 4) is 0 Å². The van der Waals surface area contributed by atoms with Crippen molar-refractivity contribution in [2.45, 2.75) is 40.0 Å². The molecule has 1 saturated heterocycles. The number of amides is 3. The van der Waals surface area contributed by atoms with Crippen LogP contribution >= 0.6 is 0 Å². The molecule has 36 heavy (non-hydrogen) atoms. The third-order valence-electron chi connectivity index (χ3n) is 7.82. The number of allylic oxidation sites excluding steroid dienone is 2. The number of carbonyl (C=O) groups excluding carboxylic acids is 4. The highest BCUT2D eigenvalue weighted by Gasteiger charge is 2.60. The molecule has 0 spiro atoms. The maximum absolute atomic E-state index is 13.2. The van der Waals surface area contributed by atoms with Crippen LogP contribution in [0, 0.1) is 23.7 Å². The number of nitrogens with zero attached hydrogens (tertiary/aromatic N) is 1. The fourth-order valence-corrected chi connectivity index (χ4v) is 6.09. The van der Waals surface area contributed by atoms with E-state index in [1.807, 2.05) is 39.0 Å². The van der Waals surface area contributed by atoms with Crippen LogP contribution in [0.4, 0.5) is 11.4 Å². The molecule has 2 bridgehead atoms. The van der Waals surface area contributed by atoms with Crippen LogP contribution in [0.25, 0.3) is 0 Å². The van der Waals surface area contributed by atoms with Gasteiger partial charge in [0.2, 0.25) is 11.8 Å². The van der Waals surface area contributed by atoms with Crippen LogP contribution in [0.2, 0.25) is 0 Å². The second kappa shape index (κ2) is 9.37. The van der Waals surface area contributed by atoms with Crippen molar-refractivity contribution in [1.82, 2.24) is 0 Å². The number of carbonyl (C=O) groups is 4. The predicted molar refractivity (Wildman–Crippen MR) is 135 cm³/mol. The molecule has 2 aromatic carbocycles. The number of esters is 1. The van der Waals surface area contributed by atoms with E-state index in [0.717, 1.165) is 36.1 Å². The van der Waals surface area contributed by atoms with E-state index in [9.17, 15) is 19.2 Å². The number of hydrogen-bond acceptors (Lipinski definition) is 5. The van der Waals surface area contributed by atoms with Crippen molar-refractivity contribution < 1.29 is 23.9 Å². The lowest BCUT2D eigenvalue weighted by molar-refractivity contribution is -0.123. The van der Waals surface area contributed by atoms with Gasteiger partial charge in [-0.2, -0.15) is 0 Å². The minimum absolute atomic E-state index is 0.110. The van der Waals surface area contributed by atoms with Crippen LogP contribution in [-0.4, -0.2) is 30.3 Å². The van der Waals surface area contributed by atoms with Gasteiger partial charge in [-0.25, -0.2) is 9.69 Å². The number of aryl methyl sites for hydroxylation is 2. The van der Waals surface area contributed by atoms with Crippen LogP contribution in [0.3, 0.4) is 0 Å². The predicted octanol–water partition coefficient (Wildman–Crippen LogP) is 4.31. The van der Waals surface area contributed by atoms with Gasteiger partial charge in [0.15, 0.2) is 6.61 Å². The summed E-state index contributed by atoms with van der Waals surface area (Å²) in [6.07, 6.45) is 4.52. The first-order valence-electron chi connectivity index (χ1n) is 12.6. The average Bonchev–Trinajstić information content (AvgIpc) is 3.52. The van der Waals surface area contributed by atoms with Crippen molar-refractivity contribution in [3.63, 3.8) is 0 Å². The maximum atomic E-state index is 13.2. The van der Waals surface area contributed by atoms with Gasteiger partial charge in [0.1, 0.15) is 0 Å². The van der Waals surface area contributed by atoms with E-state index in [2.05, 4.69) is 11.4 Å². The molecule has 3 aliphatic rings. The Balaban J connectivity index is 1.26. The van der Waals surface area contributed by atoms with Crippen molar-refractivity contribution in [2.75, 3.05) is 16.8 Å². The quantitative estimate of drug-likeness (QED) is 0.358. The van der Waals surface area contributed by atoms with Crippen LogP contribution in [0.5, 0.6) is 0 Å². The molecule has 2 fully saturated rings. The minimum Gasteiger partial charge on any atom is -0.452 e. The summed E-state index contributed by atoms with van der Waals surface area (Å²) < 4.78 is 5.27. The summed E-state index contributed by atoms with van der Waals surface area (Å²) in [4.78, 5) is 52.9. The fourth-order valence-electron chi connectivity index (χ4n) is 6.09. The summed E-state index contributed by atoms with van der Waals surface area (Å²) in [6, 6.07) is 12.2. The summed E-state index contributed by atoms with van der Waals surface area (Å²) >= 11 is 0. The van der Waals surface area contributed by atoms with Gasteiger partial charge in [0, 0.05) is 5.69 Å². The highest BCUT2D eigenvalue weighted by Crippen LogP contribution is 2.55. The summed E-state index contributed by atoms with van der Waals surface area (Å²) in [5.41, 5.74) is 4.53. The molecule has 4 atom stereocenters. The zero-order chi connectivity index (χ0) is 25.6. The Morgan fingerprint density at radius 1 is 1.00 bits per heavy atom. The molecule has 1 aliphatic heterocycles. The average molecular weight is 487 g/mol. The number of anilines is 2. The van der Waals surface area contributed by atoms with E-state index < -0.39 is 18.5 Å². The maximum Gasteiger partial charge on any atom is 0.338 e. The third kappa shape index (κ3) is 3.92. The zero-order valence-electron chi connectivity index (χ0n) is 20.7. The number of imide groups is 1. The Hall–Kier alpha value is -3.74. The molecule has 186 valence electrons. The molecule has 2 aliphatic carbocycles. The first-order valence-corrected chi connectivity index (χ1v) is 12.6. The van der Waals surface area contributed by atoms with E-state index in [0.29, 0.717) is 5.69 Å². The van der Waals surface area contributed by atoms with Crippen molar-refractivity contribution in [1.29, 1.82) is 0 Å². The molecular weight excluding hydrogens is 456 g/mol. The molecule has 7 nitrogen and oxygen atoms in total. The molecule has 2 aromatic rings. The molecule has 0 unspecified atom stereocenters. The highest BCUT2D eigenvalue weighted by atomic mass is 16.5. The van der Waals surface area contributed by atoms with Crippen LogP contribution in [0.1, 0.15) is 48.7 Å². The number of benzene rings is 2. The summed E-state index contributed by atoms with van der Waals surface area (Å²) in [6.45, 7) is 5.62. The third-order valence-corrected chi connectivity index (χ3v) is 7.82. The zero-order valence-corrected chi connectivity index (χ0v) is 20.7. The Morgan fingerprint density at radius 3 is 2.36 bits per heavy atom. The number of fused-ring (bicyclic) bond motifs is 5. The van der Waals surface area contributed by atoms with Gasteiger partial charge in [-0.05, 0) is 67.3 Å². The Labute approximate surface area is 210 Å². The Morgan fingerprint density at radius 2 is 1.67 bits per heavy atom. The van der Waals surface area contributed by atoms with E-state index >= 15 is 0 Å². The van der Waals surface area contributed by atoms with Crippen molar-refractivity contribution in [2.24, 2.45) is 23.7 Å². The molecule has 5 rings (SSSR count). The summed E-state index contributed by atoms with van der Waals surface area (Å²) in [5, 5.41) is 2.88. The lowest BCUT2D eigenvalue weighted by atomic mass is 9.82. The monoisotopic (exact) mass is 486 g/mol. The van der Waals surface area contributed by atoms with E-state index in [4.69, 9.17) is 4.74 Å². The summed E-state index contributed by atoms with van der Waals surface area (Å²) in [5.74, 6) is -1.91. The summed E-state index contributed by atoms with van der Waals surface area (Å²) in [7, 11) is 0. The normalized spacial score (nSPS) is 24.1. The van der Waals surface area contributed by atoms with Gasteiger partial charge in [-0.1, -0.05) is 49.8 Å². The van der Waals surface area contributed by atoms with Gasteiger partial charge < -0.3 is 10.1 Å². The smallest absolute Gasteiger partial charge is 0.338 e. The van der Waals surface area contributed by atoms with Crippen molar-refractivity contribution in [3.05, 3.63) is 70.8 Å². The minimum atomic E-state index is -0.691. The Bertz CT molecular complexity index is 1270. The van der Waals surface area contributed by atoms with Crippen LogP contribution < -0.4 is 10.2 Å². The highest BCUT2D eigenvalue weighted by molar-refractivity contribution is 6.23. The second-order valence-corrected chi connectivity index (χ2v) is 9.81. The molecule has 0 radical (unpaired) electrons. The number of para-hydroxylation sites is 1.